The van der Waals surface area contributed by atoms with Gasteiger partial charge in [0.2, 0.25) is 11.7 Å². The molecule has 0 aromatic carbocycles. The summed E-state index contributed by atoms with van der Waals surface area (Å²) in [6.07, 6.45) is 3.74. The summed E-state index contributed by atoms with van der Waals surface area (Å²) in [4.78, 5) is 41.8. The van der Waals surface area contributed by atoms with Gasteiger partial charge >= 0.3 is 5.97 Å². The Morgan fingerprint density at radius 2 is 2.00 bits per heavy atom. The van der Waals surface area contributed by atoms with Crippen molar-refractivity contribution in [2.75, 3.05) is 13.2 Å². The number of ether oxygens (including phenoxy) is 1. The average molecular weight is 441 g/mol. The molecule has 0 bridgehead atoms. The quantitative estimate of drug-likeness (QED) is 0.405. The first-order valence-electron chi connectivity index (χ1n) is 9.89. The number of carbonyl (C=O) groups excluding carboxylic acids is 3. The zero-order valence-corrected chi connectivity index (χ0v) is 18.4. The maximum absolute atomic E-state index is 12.7. The van der Waals surface area contributed by atoms with Crippen LogP contribution >= 0.6 is 11.3 Å². The van der Waals surface area contributed by atoms with Crippen LogP contribution in [0.2, 0.25) is 0 Å². The fourth-order valence-electron chi connectivity index (χ4n) is 3.04. The van der Waals surface area contributed by atoms with Crippen molar-refractivity contribution in [1.82, 2.24) is 20.1 Å². The first-order valence-corrected chi connectivity index (χ1v) is 10.7. The Morgan fingerprint density at radius 1 is 1.19 bits per heavy atom. The molecule has 1 amide bonds. The highest BCUT2D eigenvalue weighted by molar-refractivity contribution is 7.14. The second-order valence-corrected chi connectivity index (χ2v) is 8.36. The van der Waals surface area contributed by atoms with Gasteiger partial charge in [0.25, 0.3) is 0 Å². The number of rotatable bonds is 9. The van der Waals surface area contributed by atoms with Gasteiger partial charge in [-0.1, -0.05) is 19.9 Å². The van der Waals surface area contributed by atoms with Crippen LogP contribution in [-0.2, 0) is 16.0 Å². The number of nitrogens with zero attached hydrogens (tertiary/aromatic N) is 3. The van der Waals surface area contributed by atoms with Crippen molar-refractivity contribution in [3.8, 4) is 5.82 Å². The van der Waals surface area contributed by atoms with Crippen LogP contribution in [0.5, 0.6) is 0 Å². The molecule has 162 valence electrons. The summed E-state index contributed by atoms with van der Waals surface area (Å²) in [5, 5.41) is 7.02. The molecule has 0 unspecified atom stereocenters. The van der Waals surface area contributed by atoms with Gasteiger partial charge in [-0.05, 0) is 36.6 Å². The van der Waals surface area contributed by atoms with E-state index in [9.17, 15) is 14.4 Å². The van der Waals surface area contributed by atoms with Gasteiger partial charge < -0.3 is 10.1 Å². The fraction of sp³-hybridized carbons (Fsp3) is 0.318. The molecule has 3 heterocycles. The molecule has 0 saturated carbocycles. The predicted molar refractivity (Wildman–Crippen MR) is 117 cm³/mol. The minimum absolute atomic E-state index is 0.00813. The van der Waals surface area contributed by atoms with Gasteiger partial charge in [0.05, 0.1) is 16.8 Å². The Bertz CT molecular complexity index is 1070. The third-order valence-corrected chi connectivity index (χ3v) is 5.64. The van der Waals surface area contributed by atoms with Crippen molar-refractivity contribution < 1.29 is 19.1 Å². The number of esters is 1. The Hall–Kier alpha value is -3.33. The molecule has 8 nitrogen and oxygen atoms in total. The summed E-state index contributed by atoms with van der Waals surface area (Å²) in [6.45, 7) is 5.52. The highest BCUT2D eigenvalue weighted by Gasteiger charge is 2.23. The largest absolute Gasteiger partial charge is 0.454 e. The third-order valence-electron chi connectivity index (χ3n) is 4.46. The monoisotopic (exact) mass is 440 g/mol. The summed E-state index contributed by atoms with van der Waals surface area (Å²) in [7, 11) is 0. The number of hydrogen-bond acceptors (Lipinski definition) is 7. The number of nitrogens with one attached hydrogen (secondary N) is 1. The second kappa shape index (κ2) is 10.1. The molecule has 0 aliphatic heterocycles. The number of amides is 1. The number of carbonyl (C=O) groups is 3. The zero-order chi connectivity index (χ0) is 22.4. The van der Waals surface area contributed by atoms with E-state index in [0.717, 1.165) is 4.88 Å². The van der Waals surface area contributed by atoms with Gasteiger partial charge in [-0.3, -0.25) is 9.59 Å². The molecule has 9 heteroatoms. The van der Waals surface area contributed by atoms with Crippen LogP contribution in [0.1, 0.15) is 57.3 Å². The SMILES string of the molecule is CC(=O)NCCc1ccc(C(=O)COC(=O)c2cnn(-c3ccccn3)c2C(C)C)s1. The lowest BCUT2D eigenvalue weighted by Gasteiger charge is -2.11. The van der Waals surface area contributed by atoms with Gasteiger partial charge in [0.15, 0.2) is 12.4 Å². The van der Waals surface area contributed by atoms with Crippen LogP contribution in [0.4, 0.5) is 0 Å². The molecule has 1 N–H and O–H groups in total. The van der Waals surface area contributed by atoms with Crippen molar-refractivity contribution in [3.05, 3.63) is 63.7 Å². The van der Waals surface area contributed by atoms with Gasteiger partial charge in [-0.15, -0.1) is 11.3 Å². The number of Topliss-reactive ketones (excluding diaryl/α,β-unsaturated/α-hetero) is 1. The molecular weight excluding hydrogens is 416 g/mol. The number of ketones is 1. The van der Waals surface area contributed by atoms with Gasteiger partial charge in [-0.2, -0.15) is 5.10 Å². The van der Waals surface area contributed by atoms with E-state index in [4.69, 9.17) is 4.74 Å². The van der Waals surface area contributed by atoms with Crippen molar-refractivity contribution in [3.63, 3.8) is 0 Å². The highest BCUT2D eigenvalue weighted by atomic mass is 32.1. The van der Waals surface area contributed by atoms with E-state index < -0.39 is 5.97 Å². The van der Waals surface area contributed by atoms with Crippen LogP contribution in [0.25, 0.3) is 5.82 Å². The third kappa shape index (κ3) is 5.64. The molecule has 0 radical (unpaired) electrons. The van der Waals surface area contributed by atoms with Crippen molar-refractivity contribution >= 4 is 29.0 Å². The highest BCUT2D eigenvalue weighted by Crippen LogP contribution is 2.23. The molecule has 3 aromatic heterocycles. The standard InChI is InChI=1S/C22H24N4O4S/c1-14(2)21-17(12-25-26(21)20-6-4-5-10-24-20)22(29)30-13-18(28)19-8-7-16(31-19)9-11-23-15(3)27/h4-8,10,12,14H,9,11,13H2,1-3H3,(H,23,27). The summed E-state index contributed by atoms with van der Waals surface area (Å²) in [6, 6.07) is 9.00. The van der Waals surface area contributed by atoms with Crippen LogP contribution in [0.3, 0.4) is 0 Å². The van der Waals surface area contributed by atoms with E-state index >= 15 is 0 Å². The van der Waals surface area contributed by atoms with Crippen molar-refractivity contribution in [2.45, 2.75) is 33.1 Å². The Labute approximate surface area is 184 Å². The minimum Gasteiger partial charge on any atom is -0.454 e. The first-order chi connectivity index (χ1) is 14.9. The smallest absolute Gasteiger partial charge is 0.342 e. The van der Waals surface area contributed by atoms with E-state index in [2.05, 4.69) is 15.4 Å². The maximum atomic E-state index is 12.7. The first kappa shape index (κ1) is 22.4. The van der Waals surface area contributed by atoms with Crippen molar-refractivity contribution in [2.24, 2.45) is 0 Å². The fourth-order valence-corrected chi connectivity index (χ4v) is 3.97. The van der Waals surface area contributed by atoms with Crippen LogP contribution < -0.4 is 5.32 Å². The number of pyridine rings is 1. The van der Waals surface area contributed by atoms with Crippen molar-refractivity contribution in [1.29, 1.82) is 0 Å². The van der Waals surface area contributed by atoms with Gasteiger partial charge in [-0.25, -0.2) is 14.5 Å². The lowest BCUT2D eigenvalue weighted by Crippen LogP contribution is -2.22. The van der Waals surface area contributed by atoms with E-state index in [0.29, 0.717) is 34.9 Å². The molecule has 0 aliphatic carbocycles. The molecule has 0 saturated heterocycles. The molecule has 0 atom stereocenters. The number of aromatic nitrogens is 3. The number of hydrogen-bond donors (Lipinski definition) is 1. The lowest BCUT2D eigenvalue weighted by molar-refractivity contribution is -0.118. The molecule has 3 rings (SSSR count). The Balaban J connectivity index is 1.65. The Kier molecular flexibility index (Phi) is 7.30. The van der Waals surface area contributed by atoms with Gasteiger partial charge in [0.1, 0.15) is 5.56 Å². The predicted octanol–water partition coefficient (Wildman–Crippen LogP) is 3.17. The van der Waals surface area contributed by atoms with Crippen LogP contribution in [-0.4, -0.2) is 45.6 Å². The zero-order valence-electron chi connectivity index (χ0n) is 17.6. The summed E-state index contributed by atoms with van der Waals surface area (Å²) in [5.41, 5.74) is 0.989. The van der Waals surface area contributed by atoms with E-state index in [1.165, 1.54) is 24.5 Å². The average Bonchev–Trinajstić information content (AvgIpc) is 3.39. The molecule has 0 fully saturated rings. The molecule has 31 heavy (non-hydrogen) atoms. The minimum atomic E-state index is -0.596. The topological polar surface area (TPSA) is 103 Å². The molecule has 0 aliphatic rings. The maximum Gasteiger partial charge on any atom is 0.342 e. The summed E-state index contributed by atoms with van der Waals surface area (Å²) >= 11 is 1.33. The lowest BCUT2D eigenvalue weighted by atomic mass is 10.1. The van der Waals surface area contributed by atoms with Gasteiger partial charge in [0, 0.05) is 24.5 Å². The van der Waals surface area contributed by atoms with E-state index in [-0.39, 0.29) is 24.2 Å². The summed E-state index contributed by atoms with van der Waals surface area (Å²) < 4.78 is 6.91. The normalized spacial score (nSPS) is 10.8. The molecular formula is C22H24N4O4S. The number of thiophene rings is 1. The van der Waals surface area contributed by atoms with Crippen LogP contribution in [0, 0.1) is 0 Å². The van der Waals surface area contributed by atoms with Crippen LogP contribution in [0.15, 0.2) is 42.7 Å². The Morgan fingerprint density at radius 3 is 2.68 bits per heavy atom. The van der Waals surface area contributed by atoms with E-state index in [1.54, 1.807) is 29.1 Å². The molecule has 3 aromatic rings. The molecule has 0 spiro atoms. The second-order valence-electron chi connectivity index (χ2n) is 7.20. The van der Waals surface area contributed by atoms with E-state index in [1.807, 2.05) is 26.0 Å². The summed E-state index contributed by atoms with van der Waals surface area (Å²) in [5.74, 6) is -0.362.